The van der Waals surface area contributed by atoms with Gasteiger partial charge in [-0.3, -0.25) is 0 Å². The summed E-state index contributed by atoms with van der Waals surface area (Å²) in [6.45, 7) is 10.9. The largest absolute Gasteiger partial charge is 0.505 e. The molecule has 28 heteroatoms. The van der Waals surface area contributed by atoms with Crippen LogP contribution >= 0.6 is 26.6 Å². The van der Waals surface area contributed by atoms with Crippen LogP contribution in [0.5, 0.6) is 86.2 Å². The zero-order chi connectivity index (χ0) is 71.3. The average Bonchev–Trinajstić information content (AvgIpc) is 0.888. The normalized spacial score (nSPS) is 10.7. The Labute approximate surface area is 575 Å². The Bertz CT molecular complexity index is 3540. The van der Waals surface area contributed by atoms with E-state index in [0.29, 0.717) is 141 Å². The minimum absolute atomic E-state index is 0.0190. The van der Waals surface area contributed by atoms with E-state index in [0.717, 1.165) is 47.0 Å². The Morgan fingerprint density at radius 1 is 0.396 bits per heavy atom. The predicted octanol–water partition coefficient (Wildman–Crippen LogP) is 16.7. The molecule has 0 unspecified atom stereocenters. The van der Waals surface area contributed by atoms with Crippen molar-refractivity contribution in [1.82, 2.24) is 0 Å². The van der Waals surface area contributed by atoms with Crippen molar-refractivity contribution in [2.45, 2.75) is 65.2 Å². The van der Waals surface area contributed by atoms with Crippen molar-refractivity contribution in [3.05, 3.63) is 119 Å². The third-order valence-corrected chi connectivity index (χ3v) is 15.3. The van der Waals surface area contributed by atoms with E-state index in [9.17, 15) is 13.5 Å². The molecule has 0 spiro atoms. The van der Waals surface area contributed by atoms with Crippen LogP contribution in [0.3, 0.4) is 0 Å². The molecule has 0 aliphatic rings. The summed E-state index contributed by atoms with van der Waals surface area (Å²) in [5.74, 6) is 7.68. The van der Waals surface area contributed by atoms with E-state index in [1.54, 1.807) is 122 Å². The number of benzene rings is 7. The van der Waals surface area contributed by atoms with Crippen molar-refractivity contribution >= 4 is 69.8 Å². The Morgan fingerprint density at radius 3 is 0.990 bits per heavy atom. The minimum Gasteiger partial charge on any atom is -0.505 e. The molecule has 0 bridgehead atoms. The fourth-order valence-electron chi connectivity index (χ4n) is 8.28. The SMILES string of the molecule is CCCCOc1c(N=Nc2cc(OC)c(OC)c(OC)c2)ccc(OC)c1C.COc1ccc(N=Nc2cc(OC)c(OC)c(OC)c2)c(O)c1C.COc1ccc(N=Nc2cc(OC)c(OC)c(OC)c2)c(OCCCO)c1C.Cc1ccc(S(=O)(=O)Cl)cc1.OCCCBr. The summed E-state index contributed by atoms with van der Waals surface area (Å²) < 4.78 is 96.9. The van der Waals surface area contributed by atoms with Gasteiger partial charge in [0.25, 0.3) is 9.05 Å². The first kappa shape index (κ1) is 81.2. The topological polar surface area (TPSA) is 298 Å². The van der Waals surface area contributed by atoms with Gasteiger partial charge in [-0.05, 0) is 89.1 Å². The lowest BCUT2D eigenvalue weighted by atomic mass is 10.1. The van der Waals surface area contributed by atoms with E-state index in [1.807, 2.05) is 32.9 Å². The van der Waals surface area contributed by atoms with Gasteiger partial charge in [-0.25, -0.2) is 8.42 Å². The summed E-state index contributed by atoms with van der Waals surface area (Å²) in [5, 5.41) is 53.7. The number of nitrogens with zero attached hydrogens (tertiary/aromatic N) is 6. The van der Waals surface area contributed by atoms with Gasteiger partial charge in [-0.2, -0.15) is 15.3 Å². The zero-order valence-corrected chi connectivity index (χ0v) is 60.5. The molecule has 3 N–H and O–H groups in total. The smallest absolute Gasteiger partial charge is 0.261 e. The van der Waals surface area contributed by atoms with Crippen LogP contribution in [0.4, 0.5) is 34.1 Å². The first-order valence-corrected chi connectivity index (χ1v) is 33.0. The van der Waals surface area contributed by atoms with Crippen LogP contribution < -0.4 is 66.3 Å². The molecule has 0 amide bonds. The molecule has 0 aliphatic carbocycles. The molecule has 0 fully saturated rings. The lowest BCUT2D eigenvalue weighted by Crippen LogP contribution is -2.02. The lowest BCUT2D eigenvalue weighted by molar-refractivity contribution is 0.232. The number of phenolic OH excluding ortho intramolecular Hbond substituents is 1. The quantitative estimate of drug-likeness (QED) is 0.0170. The van der Waals surface area contributed by atoms with Crippen molar-refractivity contribution in [1.29, 1.82) is 0 Å². The Morgan fingerprint density at radius 2 is 0.708 bits per heavy atom. The van der Waals surface area contributed by atoms with Gasteiger partial charge in [0.2, 0.25) is 17.2 Å². The van der Waals surface area contributed by atoms with Gasteiger partial charge in [0.15, 0.2) is 46.0 Å². The van der Waals surface area contributed by atoms with E-state index in [4.69, 9.17) is 87.2 Å². The van der Waals surface area contributed by atoms with E-state index in [-0.39, 0.29) is 17.3 Å². The number of aromatic hydroxyl groups is 1. The van der Waals surface area contributed by atoms with Gasteiger partial charge in [-0.1, -0.05) is 47.0 Å². The fourth-order valence-corrected chi connectivity index (χ4v) is 9.30. The maximum atomic E-state index is 10.7. The van der Waals surface area contributed by atoms with Crippen LogP contribution in [0.1, 0.15) is 54.9 Å². The molecule has 0 aromatic heterocycles. The van der Waals surface area contributed by atoms with Gasteiger partial charge < -0.3 is 81.6 Å². The second kappa shape index (κ2) is 43.1. The molecule has 7 aromatic rings. The second-order valence-electron chi connectivity index (χ2n) is 19.6. The highest BCUT2D eigenvalue weighted by molar-refractivity contribution is 9.09. The van der Waals surface area contributed by atoms with Gasteiger partial charge >= 0.3 is 0 Å². The molecule has 524 valence electrons. The molecule has 0 radical (unpaired) electrons. The van der Waals surface area contributed by atoms with E-state index < -0.39 is 9.05 Å². The highest BCUT2D eigenvalue weighted by Gasteiger charge is 2.19. The standard InChI is InChI=1S/C21H28N2O5.C20H26N2O6.C17H20N2O5.C7H7ClO2S.C3H7BrO/c1-7-8-11-28-20-14(2)17(24-3)10-9-16(20)23-22-15-12-18(25-4)21(27-6)19(13-15)26-5;1-13-16(24-2)8-7-15(19(13)28-10-6-9-23)22-21-14-11-17(25-3)20(27-5)18(12-14)26-4;1-10-13(21-2)7-6-12(16(10)20)19-18-11-8-14(22-3)17(24-5)15(9-11)23-4;1-6-2-4-7(5-3-6)11(8,9)10;4-2-1-3-5/h9-10,12-13H,7-8,11H2,1-6H3;7-8,11-12,23H,6,9-10H2,1-5H3;6-9,20H,1-5H3;2-5H,1H3;5H,1-3H2. The lowest BCUT2D eigenvalue weighted by Gasteiger charge is -2.14. The predicted molar refractivity (Wildman–Crippen MR) is 373 cm³/mol. The average molecular weight is 1440 g/mol. The number of alkyl halides is 1. The first-order valence-electron chi connectivity index (χ1n) is 29.6. The van der Waals surface area contributed by atoms with E-state index in [2.05, 4.69) is 53.5 Å². The van der Waals surface area contributed by atoms with Crippen molar-refractivity contribution in [2.75, 3.05) is 117 Å². The molecule has 7 rings (SSSR count). The fraction of sp³-hybridized carbons (Fsp3) is 0.382. The van der Waals surface area contributed by atoms with Crippen LogP contribution in [-0.4, -0.2) is 141 Å². The van der Waals surface area contributed by atoms with Crippen LogP contribution in [0.15, 0.2) is 133 Å². The molecule has 96 heavy (non-hydrogen) atoms. The van der Waals surface area contributed by atoms with E-state index >= 15 is 0 Å². The highest BCUT2D eigenvalue weighted by atomic mass is 79.9. The highest BCUT2D eigenvalue weighted by Crippen LogP contribution is 2.46. The number of hydrogen-bond acceptors (Lipinski definition) is 25. The molecule has 0 saturated carbocycles. The number of hydrogen-bond donors (Lipinski definition) is 3. The zero-order valence-electron chi connectivity index (χ0n) is 57.3. The van der Waals surface area contributed by atoms with Crippen molar-refractivity contribution in [3.8, 4) is 86.2 Å². The number of azo groups is 3. The number of aliphatic hydroxyl groups is 2. The number of rotatable bonds is 29. The van der Waals surface area contributed by atoms with Crippen molar-refractivity contribution < 1.29 is 90.1 Å². The van der Waals surface area contributed by atoms with Crippen molar-refractivity contribution in [2.24, 2.45) is 30.7 Å². The summed E-state index contributed by atoms with van der Waals surface area (Å²) in [4.78, 5) is 0.143. The minimum atomic E-state index is -3.55. The third kappa shape index (κ3) is 24.3. The van der Waals surface area contributed by atoms with Crippen LogP contribution in [0.2, 0.25) is 0 Å². The Balaban J connectivity index is 0.000000337. The number of unbranched alkanes of at least 4 members (excludes halogenated alkanes) is 1. The monoisotopic (exact) mass is 1440 g/mol. The van der Waals surface area contributed by atoms with Crippen LogP contribution in [0, 0.1) is 27.7 Å². The Hall–Kier alpha value is -9.02. The number of halogens is 2. The van der Waals surface area contributed by atoms with Gasteiger partial charge in [-0.15, -0.1) is 15.3 Å². The summed E-state index contributed by atoms with van der Waals surface area (Å²) in [5.41, 5.74) is 6.41. The maximum Gasteiger partial charge on any atom is 0.261 e. The summed E-state index contributed by atoms with van der Waals surface area (Å²) in [6, 6.07) is 27.2. The van der Waals surface area contributed by atoms with Gasteiger partial charge in [0, 0.05) is 88.7 Å². The number of aryl methyl sites for hydroxylation is 1. The molecular weight excluding hydrogens is 1350 g/mol. The molecule has 25 nitrogen and oxygen atoms in total. The van der Waals surface area contributed by atoms with E-state index in [1.165, 1.54) is 54.8 Å². The Kier molecular flexibility index (Phi) is 36.5. The summed E-state index contributed by atoms with van der Waals surface area (Å²) in [7, 11) is 20.2. The molecule has 0 atom stereocenters. The number of ether oxygens (including phenoxy) is 14. The van der Waals surface area contributed by atoms with Gasteiger partial charge in [0.1, 0.15) is 40.1 Å². The maximum absolute atomic E-state index is 10.7. The van der Waals surface area contributed by atoms with Crippen molar-refractivity contribution in [3.63, 3.8) is 0 Å². The second-order valence-corrected chi connectivity index (χ2v) is 23.0. The summed E-state index contributed by atoms with van der Waals surface area (Å²) >= 11 is 3.15. The number of aliphatic hydroxyl groups excluding tert-OH is 2. The van der Waals surface area contributed by atoms with Gasteiger partial charge in [0.05, 0.1) is 120 Å². The van der Waals surface area contributed by atoms with Crippen LogP contribution in [0.25, 0.3) is 0 Å². The molecule has 0 aliphatic heterocycles. The molecule has 0 heterocycles. The first-order chi connectivity index (χ1) is 46.1. The molecular formula is C68H88BrClN6O19S. The summed E-state index contributed by atoms with van der Waals surface area (Å²) in [6.07, 6.45) is 3.38. The number of phenols is 1. The number of methoxy groups -OCH3 is 12. The molecule has 0 saturated heterocycles. The molecule has 7 aromatic carbocycles. The van der Waals surface area contributed by atoms with Crippen LogP contribution in [-0.2, 0) is 9.05 Å². The third-order valence-electron chi connectivity index (χ3n) is 13.3.